The van der Waals surface area contributed by atoms with Crippen LogP contribution in [0.2, 0.25) is 0 Å². The van der Waals surface area contributed by atoms with Crippen molar-refractivity contribution in [1.29, 1.82) is 0 Å². The molecule has 0 saturated heterocycles. The van der Waals surface area contributed by atoms with Gasteiger partial charge in [0.1, 0.15) is 5.69 Å². The number of hydrogen-bond donors (Lipinski definition) is 2. The molecule has 0 spiro atoms. The fourth-order valence-electron chi connectivity index (χ4n) is 2.69. The van der Waals surface area contributed by atoms with Crippen molar-refractivity contribution in [2.75, 3.05) is 6.54 Å². The van der Waals surface area contributed by atoms with Gasteiger partial charge in [0.05, 0.1) is 10.9 Å². The number of benzene rings is 1. The fraction of sp³-hybridized carbons (Fsp3) is 0.250. The molecule has 3 rings (SSSR count). The molecule has 0 radical (unpaired) electrons. The lowest BCUT2D eigenvalue weighted by Crippen LogP contribution is -2.44. The van der Waals surface area contributed by atoms with E-state index in [1.54, 1.807) is 48.6 Å². The minimum absolute atomic E-state index is 0.169. The van der Waals surface area contributed by atoms with E-state index in [0.29, 0.717) is 11.3 Å². The van der Waals surface area contributed by atoms with E-state index < -0.39 is 11.5 Å². The summed E-state index contributed by atoms with van der Waals surface area (Å²) >= 11 is 1.54. The Morgan fingerprint density at radius 1 is 1.22 bits per heavy atom. The molecular formula is C20H21N3O3S. The molecule has 0 bridgehead atoms. The summed E-state index contributed by atoms with van der Waals surface area (Å²) in [4.78, 5) is 25.6. The Morgan fingerprint density at radius 2 is 1.96 bits per heavy atom. The topological polar surface area (TPSA) is 84.2 Å². The van der Waals surface area contributed by atoms with Gasteiger partial charge in [0.2, 0.25) is 0 Å². The zero-order chi connectivity index (χ0) is 19.4. The number of rotatable bonds is 6. The molecular weight excluding hydrogens is 362 g/mol. The van der Waals surface area contributed by atoms with E-state index in [9.17, 15) is 14.7 Å². The summed E-state index contributed by atoms with van der Waals surface area (Å²) in [5.41, 5.74) is -0.686. The third kappa shape index (κ3) is 4.15. The summed E-state index contributed by atoms with van der Waals surface area (Å²) in [5, 5.41) is 19.6. The van der Waals surface area contributed by atoms with Crippen LogP contribution in [0.3, 0.4) is 0 Å². The van der Waals surface area contributed by atoms with Crippen molar-refractivity contribution in [2.24, 2.45) is 0 Å². The van der Waals surface area contributed by atoms with Gasteiger partial charge in [-0.2, -0.15) is 5.10 Å². The highest BCUT2D eigenvalue weighted by Gasteiger charge is 2.32. The van der Waals surface area contributed by atoms with E-state index in [2.05, 4.69) is 10.4 Å². The second-order valence-electron chi connectivity index (χ2n) is 6.48. The number of thiophene rings is 1. The quantitative estimate of drug-likeness (QED) is 0.685. The van der Waals surface area contributed by atoms with Crippen LogP contribution in [-0.2, 0) is 10.4 Å². The van der Waals surface area contributed by atoms with Crippen LogP contribution in [0, 0.1) is 0 Å². The van der Waals surface area contributed by atoms with E-state index in [1.807, 2.05) is 23.6 Å². The molecule has 0 saturated carbocycles. The van der Waals surface area contributed by atoms with E-state index in [-0.39, 0.29) is 18.1 Å². The van der Waals surface area contributed by atoms with Crippen LogP contribution in [0.15, 0.2) is 64.8 Å². The zero-order valence-electron chi connectivity index (χ0n) is 15.1. The van der Waals surface area contributed by atoms with Crippen LogP contribution in [0.25, 0.3) is 10.6 Å². The molecule has 140 valence electrons. The van der Waals surface area contributed by atoms with Crippen LogP contribution in [0.1, 0.15) is 25.5 Å². The van der Waals surface area contributed by atoms with Crippen LogP contribution in [0.5, 0.6) is 0 Å². The Morgan fingerprint density at radius 3 is 2.63 bits per heavy atom. The molecule has 0 aliphatic heterocycles. The molecule has 0 aliphatic carbocycles. The van der Waals surface area contributed by atoms with Crippen LogP contribution < -0.4 is 10.9 Å². The Labute approximate surface area is 161 Å². The Kier molecular flexibility index (Phi) is 5.53. The number of aromatic nitrogens is 2. The number of nitrogens with zero attached hydrogens (tertiary/aromatic N) is 2. The molecule has 7 heteroatoms. The minimum atomic E-state index is -1.65. The standard InChI is InChI=1S/C20H21N3O3S/c1-14(13-21-19(25)20(2,26)15-7-4-3-5-8-15)23-18(24)11-10-16(22-23)17-9-6-12-27-17/h3-12,14,26H,13H2,1-2H3,(H,21,25)/t14-,20-/m0/s1. The average molecular weight is 383 g/mol. The molecule has 0 aliphatic rings. The van der Waals surface area contributed by atoms with Gasteiger partial charge in [0.15, 0.2) is 5.60 Å². The molecule has 1 aromatic carbocycles. The molecule has 3 aromatic rings. The predicted octanol–water partition coefficient (Wildman–Crippen LogP) is 2.56. The van der Waals surface area contributed by atoms with Gasteiger partial charge in [-0.3, -0.25) is 9.59 Å². The first-order valence-corrected chi connectivity index (χ1v) is 9.47. The van der Waals surface area contributed by atoms with Gasteiger partial charge in [0, 0.05) is 12.6 Å². The molecule has 2 N–H and O–H groups in total. The molecule has 2 atom stereocenters. The number of carbonyl (C=O) groups is 1. The maximum atomic E-state index is 12.5. The first kappa shape index (κ1) is 19.0. The first-order chi connectivity index (χ1) is 12.9. The molecule has 1 amide bonds. The first-order valence-electron chi connectivity index (χ1n) is 8.59. The number of hydrogen-bond acceptors (Lipinski definition) is 5. The highest BCUT2D eigenvalue weighted by atomic mass is 32.1. The Bertz CT molecular complexity index is 966. The van der Waals surface area contributed by atoms with Crippen molar-refractivity contribution in [3.05, 3.63) is 75.9 Å². The summed E-state index contributed by atoms with van der Waals surface area (Å²) in [6.45, 7) is 3.41. The number of amides is 1. The highest BCUT2D eigenvalue weighted by molar-refractivity contribution is 7.13. The lowest BCUT2D eigenvalue weighted by atomic mass is 9.95. The van der Waals surface area contributed by atoms with Crippen LogP contribution in [-0.4, -0.2) is 27.3 Å². The molecule has 0 fully saturated rings. The lowest BCUT2D eigenvalue weighted by Gasteiger charge is -2.24. The van der Waals surface area contributed by atoms with Gasteiger partial charge in [-0.1, -0.05) is 36.4 Å². The Balaban J connectivity index is 1.72. The van der Waals surface area contributed by atoms with Crippen molar-refractivity contribution < 1.29 is 9.90 Å². The largest absolute Gasteiger partial charge is 0.376 e. The van der Waals surface area contributed by atoms with Gasteiger partial charge < -0.3 is 10.4 Å². The van der Waals surface area contributed by atoms with Crippen molar-refractivity contribution in [3.63, 3.8) is 0 Å². The SMILES string of the molecule is C[C@@H](CNC(=O)[C@@](C)(O)c1ccccc1)n1nc(-c2cccs2)ccc1=O. The molecule has 2 heterocycles. The summed E-state index contributed by atoms with van der Waals surface area (Å²) in [6.07, 6.45) is 0. The lowest BCUT2D eigenvalue weighted by molar-refractivity contribution is -0.139. The number of aliphatic hydroxyl groups is 1. The van der Waals surface area contributed by atoms with E-state index in [4.69, 9.17) is 0 Å². The Hall–Kier alpha value is -2.77. The molecule has 2 aromatic heterocycles. The van der Waals surface area contributed by atoms with Crippen LogP contribution >= 0.6 is 11.3 Å². The highest BCUT2D eigenvalue weighted by Crippen LogP contribution is 2.22. The third-order valence-corrected chi connectivity index (χ3v) is 5.24. The minimum Gasteiger partial charge on any atom is -0.376 e. The van der Waals surface area contributed by atoms with Crippen molar-refractivity contribution in [1.82, 2.24) is 15.1 Å². The second-order valence-corrected chi connectivity index (χ2v) is 7.42. The van der Waals surface area contributed by atoms with Crippen molar-refractivity contribution in [2.45, 2.75) is 25.5 Å². The summed E-state index contributed by atoms with van der Waals surface area (Å²) in [5.74, 6) is -0.525. The van der Waals surface area contributed by atoms with E-state index in [1.165, 1.54) is 17.7 Å². The molecule has 6 nitrogen and oxygen atoms in total. The fourth-order valence-corrected chi connectivity index (χ4v) is 3.38. The predicted molar refractivity (Wildman–Crippen MR) is 106 cm³/mol. The molecule has 0 unspecified atom stereocenters. The normalized spacial score (nSPS) is 14.3. The smallest absolute Gasteiger partial charge is 0.267 e. The zero-order valence-corrected chi connectivity index (χ0v) is 15.9. The van der Waals surface area contributed by atoms with E-state index in [0.717, 1.165) is 4.88 Å². The monoisotopic (exact) mass is 383 g/mol. The van der Waals surface area contributed by atoms with Gasteiger partial charge in [-0.15, -0.1) is 11.3 Å². The molecule has 27 heavy (non-hydrogen) atoms. The third-order valence-electron chi connectivity index (χ3n) is 4.35. The number of nitrogens with one attached hydrogen (secondary N) is 1. The average Bonchev–Trinajstić information content (AvgIpc) is 3.21. The van der Waals surface area contributed by atoms with Gasteiger partial charge in [-0.05, 0) is 36.9 Å². The van der Waals surface area contributed by atoms with Gasteiger partial charge in [-0.25, -0.2) is 4.68 Å². The summed E-state index contributed by atoms with van der Waals surface area (Å²) in [7, 11) is 0. The summed E-state index contributed by atoms with van der Waals surface area (Å²) in [6, 6.07) is 15.4. The maximum Gasteiger partial charge on any atom is 0.267 e. The maximum absolute atomic E-state index is 12.5. The van der Waals surface area contributed by atoms with Crippen molar-refractivity contribution in [3.8, 4) is 10.6 Å². The number of carbonyl (C=O) groups excluding carboxylic acids is 1. The second kappa shape index (κ2) is 7.85. The van der Waals surface area contributed by atoms with Gasteiger partial charge in [0.25, 0.3) is 11.5 Å². The van der Waals surface area contributed by atoms with E-state index >= 15 is 0 Å². The summed E-state index contributed by atoms with van der Waals surface area (Å²) < 4.78 is 1.35. The van der Waals surface area contributed by atoms with Crippen molar-refractivity contribution >= 4 is 17.2 Å². The van der Waals surface area contributed by atoms with Gasteiger partial charge >= 0.3 is 0 Å². The van der Waals surface area contributed by atoms with Crippen LogP contribution in [0.4, 0.5) is 0 Å².